The number of benzene rings is 1. The number of allylic oxidation sites excluding steroid dienone is 1. The number of anilines is 1. The lowest BCUT2D eigenvalue weighted by Gasteiger charge is -2.40. The van der Waals surface area contributed by atoms with Crippen molar-refractivity contribution in [1.29, 1.82) is 0 Å². The molecular formula is C25H27FN4O. The number of aryl methyl sites for hydroxylation is 2. The Morgan fingerprint density at radius 2 is 2.00 bits per heavy atom. The molecule has 1 N–H and O–H groups in total. The fraction of sp³-hybridized carbons (Fsp3) is 0.360. The first kappa shape index (κ1) is 19.9. The maximum Gasteiger partial charge on any atom is 0.173 e. The molecule has 1 aromatic carbocycles. The number of piperazine rings is 1. The summed E-state index contributed by atoms with van der Waals surface area (Å²) in [5, 5.41) is 3.55. The van der Waals surface area contributed by atoms with Crippen molar-refractivity contribution >= 4 is 28.8 Å². The fourth-order valence-corrected chi connectivity index (χ4v) is 4.66. The van der Waals surface area contributed by atoms with Crippen molar-refractivity contribution in [3.05, 3.63) is 64.9 Å². The van der Waals surface area contributed by atoms with Gasteiger partial charge in [-0.15, -0.1) is 0 Å². The molecule has 0 atom stereocenters. The summed E-state index contributed by atoms with van der Waals surface area (Å²) in [6.07, 6.45) is 6.61. The summed E-state index contributed by atoms with van der Waals surface area (Å²) in [5.41, 5.74) is 5.61. The molecular weight excluding hydrogens is 391 g/mol. The van der Waals surface area contributed by atoms with Gasteiger partial charge in [0, 0.05) is 55.2 Å². The van der Waals surface area contributed by atoms with Gasteiger partial charge in [-0.3, -0.25) is 4.79 Å². The molecule has 0 amide bonds. The first-order valence-corrected chi connectivity index (χ1v) is 10.8. The second-order valence-electron chi connectivity index (χ2n) is 9.32. The molecule has 1 aliphatic carbocycles. The molecule has 0 saturated carbocycles. The van der Waals surface area contributed by atoms with Crippen LogP contribution in [-0.2, 0) is 11.2 Å². The van der Waals surface area contributed by atoms with Gasteiger partial charge >= 0.3 is 0 Å². The summed E-state index contributed by atoms with van der Waals surface area (Å²) in [5.74, 6) is -0.335. The van der Waals surface area contributed by atoms with Crippen LogP contribution in [0.15, 0.2) is 36.7 Å². The van der Waals surface area contributed by atoms with E-state index in [2.05, 4.69) is 47.2 Å². The molecule has 5 nitrogen and oxygen atoms in total. The van der Waals surface area contributed by atoms with Crippen molar-refractivity contribution in [2.45, 2.75) is 39.2 Å². The van der Waals surface area contributed by atoms with Crippen LogP contribution in [0, 0.1) is 12.7 Å². The molecule has 3 heterocycles. The van der Waals surface area contributed by atoms with Gasteiger partial charge in [-0.25, -0.2) is 9.37 Å². The smallest absolute Gasteiger partial charge is 0.173 e. The maximum absolute atomic E-state index is 14.3. The highest BCUT2D eigenvalue weighted by Crippen LogP contribution is 2.31. The number of rotatable bonds is 2. The predicted molar refractivity (Wildman–Crippen MR) is 122 cm³/mol. The molecule has 2 aliphatic rings. The normalized spacial score (nSPS) is 18.6. The number of aromatic nitrogens is 2. The Kier molecular flexibility index (Phi) is 4.70. The van der Waals surface area contributed by atoms with Crippen LogP contribution in [0.3, 0.4) is 0 Å². The zero-order valence-electron chi connectivity index (χ0n) is 18.2. The van der Waals surface area contributed by atoms with Gasteiger partial charge in [0.1, 0.15) is 0 Å². The molecule has 0 spiro atoms. The van der Waals surface area contributed by atoms with Crippen molar-refractivity contribution in [1.82, 2.24) is 14.7 Å². The molecule has 160 valence electrons. The number of fused-ring (bicyclic) bond motifs is 2. The van der Waals surface area contributed by atoms with E-state index in [0.29, 0.717) is 24.1 Å². The molecule has 1 fully saturated rings. The molecule has 3 aromatic rings. The number of nitrogens with one attached hydrogen (secondary N) is 1. The molecule has 31 heavy (non-hydrogen) atoms. The van der Waals surface area contributed by atoms with E-state index in [9.17, 15) is 9.18 Å². The largest absolute Gasteiger partial charge is 0.368 e. The van der Waals surface area contributed by atoms with E-state index in [-0.39, 0.29) is 22.8 Å². The van der Waals surface area contributed by atoms with E-state index in [1.54, 1.807) is 10.6 Å². The summed E-state index contributed by atoms with van der Waals surface area (Å²) in [6, 6.07) is 7.91. The highest BCUT2D eigenvalue weighted by molar-refractivity contribution is 6.25. The zero-order valence-corrected chi connectivity index (χ0v) is 18.2. The van der Waals surface area contributed by atoms with Crippen LogP contribution >= 0.6 is 0 Å². The number of ketones is 1. The summed E-state index contributed by atoms with van der Waals surface area (Å²) in [6.45, 7) is 9.14. The van der Waals surface area contributed by atoms with E-state index >= 15 is 0 Å². The third-order valence-electron chi connectivity index (χ3n) is 6.20. The Labute approximate surface area is 181 Å². The standard InChI is InChI=1S/C25H27FN4O/c1-16-10-21(26)24-28-22(14-30(24)13-16)20-12-18-4-6-19(11-17(18)5-7-23(20)31)29-9-8-27-25(2,3)15-29/h4,6,10-14,27H,5,7-9,15H2,1-3H3. The summed E-state index contributed by atoms with van der Waals surface area (Å²) < 4.78 is 16.0. The molecule has 1 aliphatic heterocycles. The summed E-state index contributed by atoms with van der Waals surface area (Å²) >= 11 is 0. The average Bonchev–Trinajstić information content (AvgIpc) is 3.06. The van der Waals surface area contributed by atoms with Crippen molar-refractivity contribution in [2.75, 3.05) is 24.5 Å². The average molecular weight is 419 g/mol. The molecule has 2 aromatic heterocycles. The second kappa shape index (κ2) is 7.31. The van der Waals surface area contributed by atoms with Crippen molar-refractivity contribution in [3.8, 4) is 0 Å². The minimum atomic E-state index is -0.378. The SMILES string of the molecule is Cc1cc(F)c2nc(C3=Cc4ccc(N5CCNC(C)(C)C5)cc4CCC3=O)cn2c1. The minimum Gasteiger partial charge on any atom is -0.368 e. The number of carbonyl (C=O) groups excluding carboxylic acids is 1. The number of pyridine rings is 1. The van der Waals surface area contributed by atoms with Crippen LogP contribution < -0.4 is 10.2 Å². The topological polar surface area (TPSA) is 49.6 Å². The third-order valence-corrected chi connectivity index (χ3v) is 6.20. The minimum absolute atomic E-state index is 0.0431. The Morgan fingerprint density at radius 3 is 2.81 bits per heavy atom. The van der Waals surface area contributed by atoms with Crippen LogP contribution in [0.1, 0.15) is 42.7 Å². The van der Waals surface area contributed by atoms with Crippen LogP contribution in [0.25, 0.3) is 17.3 Å². The highest BCUT2D eigenvalue weighted by atomic mass is 19.1. The first-order valence-electron chi connectivity index (χ1n) is 10.8. The van der Waals surface area contributed by atoms with Gasteiger partial charge in [-0.1, -0.05) is 6.07 Å². The van der Waals surface area contributed by atoms with Crippen molar-refractivity contribution in [3.63, 3.8) is 0 Å². The Morgan fingerprint density at radius 1 is 1.16 bits per heavy atom. The van der Waals surface area contributed by atoms with Gasteiger partial charge in [-0.05, 0) is 68.2 Å². The maximum atomic E-state index is 14.3. The predicted octanol–water partition coefficient (Wildman–Crippen LogP) is 4.03. The molecule has 1 saturated heterocycles. The van der Waals surface area contributed by atoms with E-state index in [1.165, 1.54) is 17.3 Å². The van der Waals surface area contributed by atoms with E-state index in [4.69, 9.17) is 0 Å². The van der Waals surface area contributed by atoms with E-state index < -0.39 is 0 Å². The molecule has 6 heteroatoms. The van der Waals surface area contributed by atoms with E-state index in [1.807, 2.05) is 19.2 Å². The van der Waals surface area contributed by atoms with Gasteiger partial charge in [0.2, 0.25) is 0 Å². The molecule has 0 unspecified atom stereocenters. The highest BCUT2D eigenvalue weighted by Gasteiger charge is 2.27. The van der Waals surface area contributed by atoms with Gasteiger partial charge in [0.15, 0.2) is 17.2 Å². The van der Waals surface area contributed by atoms with Gasteiger partial charge in [-0.2, -0.15) is 0 Å². The first-order chi connectivity index (χ1) is 14.8. The van der Waals surface area contributed by atoms with Crippen LogP contribution in [-0.4, -0.2) is 40.3 Å². The Hall–Kier alpha value is -2.99. The van der Waals surface area contributed by atoms with Crippen molar-refractivity contribution in [2.24, 2.45) is 0 Å². The van der Waals surface area contributed by atoms with Gasteiger partial charge in [0.25, 0.3) is 0 Å². The number of imidazole rings is 1. The van der Waals surface area contributed by atoms with Gasteiger partial charge in [0.05, 0.1) is 5.69 Å². The summed E-state index contributed by atoms with van der Waals surface area (Å²) in [4.78, 5) is 19.8. The van der Waals surface area contributed by atoms with Crippen LogP contribution in [0.4, 0.5) is 10.1 Å². The van der Waals surface area contributed by atoms with Crippen molar-refractivity contribution < 1.29 is 9.18 Å². The molecule has 0 bridgehead atoms. The quantitative estimate of drug-likeness (QED) is 0.683. The zero-order chi connectivity index (χ0) is 21.8. The lowest BCUT2D eigenvalue weighted by Crippen LogP contribution is -2.57. The number of nitrogens with zero attached hydrogens (tertiary/aromatic N) is 3. The fourth-order valence-electron chi connectivity index (χ4n) is 4.66. The van der Waals surface area contributed by atoms with Crippen LogP contribution in [0.5, 0.6) is 0 Å². The number of halogens is 1. The molecule has 5 rings (SSSR count). The van der Waals surface area contributed by atoms with E-state index in [0.717, 1.165) is 30.8 Å². The number of hydrogen-bond acceptors (Lipinski definition) is 4. The van der Waals surface area contributed by atoms with Crippen LogP contribution in [0.2, 0.25) is 0 Å². The Balaban J connectivity index is 1.52. The lowest BCUT2D eigenvalue weighted by molar-refractivity contribution is -0.113. The summed E-state index contributed by atoms with van der Waals surface area (Å²) in [7, 11) is 0. The monoisotopic (exact) mass is 418 g/mol. The lowest BCUT2D eigenvalue weighted by atomic mass is 9.99. The van der Waals surface area contributed by atoms with Gasteiger partial charge < -0.3 is 14.6 Å². The second-order valence-corrected chi connectivity index (χ2v) is 9.32. The number of hydrogen-bond donors (Lipinski definition) is 1. The number of carbonyl (C=O) groups is 1. The third kappa shape index (κ3) is 3.76. The molecule has 0 radical (unpaired) electrons. The Bertz CT molecular complexity index is 1220. The number of Topliss-reactive ketones (excluding diaryl/α,β-unsaturated/α-hetero) is 1.